The van der Waals surface area contributed by atoms with Gasteiger partial charge in [-0.15, -0.1) is 0 Å². The van der Waals surface area contributed by atoms with Crippen LogP contribution in [0.2, 0.25) is 10.0 Å². The molecule has 0 aliphatic carbocycles. The van der Waals surface area contributed by atoms with Crippen LogP contribution in [-0.2, 0) is 4.33 Å². The van der Waals surface area contributed by atoms with Crippen molar-refractivity contribution in [2.75, 3.05) is 13.2 Å². The third-order valence-electron chi connectivity index (χ3n) is 2.47. The largest absolute Gasteiger partial charge is 0.247 e. The normalized spacial score (nSPS) is 14.1. The van der Waals surface area contributed by atoms with Crippen molar-refractivity contribution in [3.8, 4) is 0 Å². The van der Waals surface area contributed by atoms with Crippen molar-refractivity contribution in [1.82, 2.24) is 0 Å². The van der Waals surface area contributed by atoms with E-state index >= 15 is 0 Å². The lowest BCUT2D eigenvalue weighted by Gasteiger charge is -2.23. The Kier molecular flexibility index (Phi) is 6.31. The van der Waals surface area contributed by atoms with Crippen molar-refractivity contribution < 1.29 is 4.39 Å². The van der Waals surface area contributed by atoms with Crippen molar-refractivity contribution in [2.45, 2.75) is 24.2 Å². The number of rotatable bonds is 5. The van der Waals surface area contributed by atoms with Crippen LogP contribution in [0.5, 0.6) is 0 Å². The molecular formula is C12H13Cl4FN2. The van der Waals surface area contributed by atoms with Crippen LogP contribution in [0.4, 0.5) is 4.39 Å². The summed E-state index contributed by atoms with van der Waals surface area (Å²) in [4.78, 5) is 0. The first-order valence-corrected chi connectivity index (χ1v) is 7.14. The summed E-state index contributed by atoms with van der Waals surface area (Å²) in [7, 11) is 0. The standard InChI is InChI=1S/C12H13Cl4FN2/c1-3-18-19-7(2)11-9(12(15,16)6-17)4-8(13)5-10(11)14/h4-5,7H,3,6H2,1-2H3. The SMILES string of the molecule is CCN=NC(C)c1c(Cl)cc(Cl)cc1C(Cl)(Cl)CF. The summed E-state index contributed by atoms with van der Waals surface area (Å²) >= 11 is 24.0. The zero-order chi connectivity index (χ0) is 14.6. The highest BCUT2D eigenvalue weighted by molar-refractivity contribution is 6.48. The molecule has 0 aromatic heterocycles. The molecule has 0 aliphatic heterocycles. The number of nitrogens with zero attached hydrogens (tertiary/aromatic N) is 2. The number of halogens is 5. The molecule has 0 N–H and O–H groups in total. The van der Waals surface area contributed by atoms with Crippen molar-refractivity contribution in [1.29, 1.82) is 0 Å². The third kappa shape index (κ3) is 4.19. The zero-order valence-corrected chi connectivity index (χ0v) is 13.5. The zero-order valence-electron chi connectivity index (χ0n) is 10.4. The predicted octanol–water partition coefficient (Wildman–Crippen LogP) is 6.13. The molecule has 0 saturated carbocycles. The van der Waals surface area contributed by atoms with Gasteiger partial charge in [-0.25, -0.2) is 4.39 Å². The fourth-order valence-corrected chi connectivity index (χ4v) is 2.61. The highest BCUT2D eigenvalue weighted by atomic mass is 35.5. The minimum absolute atomic E-state index is 0.318. The Bertz CT molecular complexity index is 477. The molecule has 7 heteroatoms. The summed E-state index contributed by atoms with van der Waals surface area (Å²) < 4.78 is 11.3. The van der Waals surface area contributed by atoms with Crippen LogP contribution in [0, 0.1) is 0 Å². The second-order valence-electron chi connectivity index (χ2n) is 3.94. The van der Waals surface area contributed by atoms with Crippen LogP contribution in [-0.4, -0.2) is 13.2 Å². The van der Waals surface area contributed by atoms with E-state index < -0.39 is 11.0 Å². The molecule has 2 nitrogen and oxygen atoms in total. The van der Waals surface area contributed by atoms with E-state index in [1.54, 1.807) is 13.0 Å². The molecule has 1 rings (SSSR count). The van der Waals surface area contributed by atoms with Gasteiger partial charge >= 0.3 is 0 Å². The van der Waals surface area contributed by atoms with Crippen LogP contribution in [0.1, 0.15) is 31.0 Å². The van der Waals surface area contributed by atoms with Gasteiger partial charge in [0.25, 0.3) is 0 Å². The maximum Gasteiger partial charge on any atom is 0.171 e. The first kappa shape index (κ1) is 17.0. The Balaban J connectivity index is 3.40. The molecule has 0 radical (unpaired) electrons. The lowest BCUT2D eigenvalue weighted by Crippen LogP contribution is -2.17. The molecule has 19 heavy (non-hydrogen) atoms. The van der Waals surface area contributed by atoms with Gasteiger partial charge in [-0.3, -0.25) is 0 Å². The van der Waals surface area contributed by atoms with Gasteiger partial charge in [0, 0.05) is 15.6 Å². The van der Waals surface area contributed by atoms with Crippen molar-refractivity contribution in [3.63, 3.8) is 0 Å². The molecule has 106 valence electrons. The average Bonchev–Trinajstić information content (AvgIpc) is 2.35. The fourth-order valence-electron chi connectivity index (χ4n) is 1.65. The number of azo groups is 1. The Hall–Kier alpha value is -0.0900. The minimum Gasteiger partial charge on any atom is -0.247 e. The monoisotopic (exact) mass is 344 g/mol. The maximum atomic E-state index is 13.0. The van der Waals surface area contributed by atoms with E-state index in [1.807, 2.05) is 6.92 Å². The summed E-state index contributed by atoms with van der Waals surface area (Å²) in [5.41, 5.74) is 0.851. The molecule has 0 heterocycles. The van der Waals surface area contributed by atoms with Gasteiger partial charge in [-0.05, 0) is 31.5 Å². The van der Waals surface area contributed by atoms with E-state index in [0.717, 1.165) is 0 Å². The van der Waals surface area contributed by atoms with Gasteiger partial charge in [0.2, 0.25) is 0 Å². The maximum absolute atomic E-state index is 13.0. The molecular weight excluding hydrogens is 333 g/mol. The molecule has 1 unspecified atom stereocenters. The van der Waals surface area contributed by atoms with Gasteiger partial charge in [-0.2, -0.15) is 10.2 Å². The lowest BCUT2D eigenvalue weighted by atomic mass is 9.99. The molecule has 0 saturated heterocycles. The summed E-state index contributed by atoms with van der Waals surface area (Å²) in [5.74, 6) is 0. The van der Waals surface area contributed by atoms with Gasteiger partial charge in [0.15, 0.2) is 4.33 Å². The topological polar surface area (TPSA) is 24.7 Å². The number of hydrogen-bond donors (Lipinski definition) is 0. The van der Waals surface area contributed by atoms with Crippen LogP contribution in [0.15, 0.2) is 22.4 Å². The van der Waals surface area contributed by atoms with Crippen molar-refractivity contribution in [2.24, 2.45) is 10.2 Å². The fraction of sp³-hybridized carbons (Fsp3) is 0.500. The third-order valence-corrected chi connectivity index (χ3v) is 3.61. The highest BCUT2D eigenvalue weighted by Crippen LogP contribution is 2.43. The average molecular weight is 346 g/mol. The molecule has 1 aromatic carbocycles. The van der Waals surface area contributed by atoms with Gasteiger partial charge < -0.3 is 0 Å². The molecule has 0 fully saturated rings. The van der Waals surface area contributed by atoms with Crippen LogP contribution in [0.25, 0.3) is 0 Å². The second kappa shape index (κ2) is 7.07. The second-order valence-corrected chi connectivity index (χ2v) is 6.26. The summed E-state index contributed by atoms with van der Waals surface area (Å²) in [6.45, 7) is 3.22. The Labute approximate surface area is 131 Å². The Morgan fingerprint density at radius 1 is 1.32 bits per heavy atom. The molecule has 0 aliphatic rings. The minimum atomic E-state index is -1.71. The first-order chi connectivity index (χ1) is 8.83. The number of hydrogen-bond acceptors (Lipinski definition) is 2. The van der Waals surface area contributed by atoms with E-state index in [0.29, 0.717) is 27.7 Å². The van der Waals surface area contributed by atoms with Crippen molar-refractivity contribution in [3.05, 3.63) is 33.3 Å². The van der Waals surface area contributed by atoms with Crippen LogP contribution < -0.4 is 0 Å². The Morgan fingerprint density at radius 2 is 1.95 bits per heavy atom. The van der Waals surface area contributed by atoms with Crippen LogP contribution >= 0.6 is 46.4 Å². The van der Waals surface area contributed by atoms with E-state index in [1.165, 1.54) is 6.07 Å². The summed E-state index contributed by atoms with van der Waals surface area (Å²) in [6, 6.07) is 2.66. The lowest BCUT2D eigenvalue weighted by molar-refractivity contribution is 0.460. The van der Waals surface area contributed by atoms with E-state index in [9.17, 15) is 4.39 Å². The molecule has 0 amide bonds. The van der Waals surface area contributed by atoms with E-state index in [4.69, 9.17) is 46.4 Å². The Morgan fingerprint density at radius 3 is 2.47 bits per heavy atom. The van der Waals surface area contributed by atoms with Gasteiger partial charge in [-0.1, -0.05) is 46.4 Å². The van der Waals surface area contributed by atoms with E-state index in [2.05, 4.69) is 10.2 Å². The molecule has 0 spiro atoms. The molecule has 1 aromatic rings. The molecule has 0 bridgehead atoms. The predicted molar refractivity (Wildman–Crippen MR) is 79.6 cm³/mol. The van der Waals surface area contributed by atoms with Gasteiger partial charge in [0.05, 0.1) is 12.6 Å². The number of alkyl halides is 3. The van der Waals surface area contributed by atoms with Crippen molar-refractivity contribution >= 4 is 46.4 Å². The number of benzene rings is 1. The molecule has 1 atom stereocenters. The highest BCUT2D eigenvalue weighted by Gasteiger charge is 2.32. The van der Waals surface area contributed by atoms with Crippen LogP contribution in [0.3, 0.4) is 0 Å². The summed E-state index contributed by atoms with van der Waals surface area (Å²) in [6.07, 6.45) is 0. The summed E-state index contributed by atoms with van der Waals surface area (Å²) in [5, 5.41) is 8.66. The quantitative estimate of drug-likeness (QED) is 0.453. The van der Waals surface area contributed by atoms with E-state index in [-0.39, 0.29) is 6.04 Å². The first-order valence-electron chi connectivity index (χ1n) is 5.63. The van der Waals surface area contributed by atoms with Gasteiger partial charge in [0.1, 0.15) is 6.67 Å². The smallest absolute Gasteiger partial charge is 0.171 e.